The zero-order valence-electron chi connectivity index (χ0n) is 9.96. The van der Waals surface area contributed by atoms with Crippen LogP contribution >= 0.6 is 11.6 Å². The molecule has 3 nitrogen and oxygen atoms in total. The molecule has 1 unspecified atom stereocenters. The predicted octanol–water partition coefficient (Wildman–Crippen LogP) is 2.29. The van der Waals surface area contributed by atoms with Crippen LogP contribution in [0.2, 0.25) is 5.02 Å². The molecule has 90 valence electrons. The second kappa shape index (κ2) is 6.18. The summed E-state index contributed by atoms with van der Waals surface area (Å²) >= 11 is 6.19. The van der Waals surface area contributed by atoms with Crippen molar-refractivity contribution in [3.63, 3.8) is 0 Å². The molecule has 0 saturated heterocycles. The quantitative estimate of drug-likeness (QED) is 0.863. The molecule has 16 heavy (non-hydrogen) atoms. The number of ether oxygens (including phenoxy) is 1. The highest BCUT2D eigenvalue weighted by Crippen LogP contribution is 2.23. The lowest BCUT2D eigenvalue weighted by atomic mass is 10.1. The zero-order chi connectivity index (χ0) is 12.1. The van der Waals surface area contributed by atoms with E-state index in [9.17, 15) is 5.11 Å². The third kappa shape index (κ3) is 3.44. The fourth-order valence-corrected chi connectivity index (χ4v) is 1.74. The van der Waals surface area contributed by atoms with E-state index in [1.807, 2.05) is 13.8 Å². The maximum atomic E-state index is 9.75. The van der Waals surface area contributed by atoms with Gasteiger partial charge in [0.2, 0.25) is 0 Å². The topological polar surface area (TPSA) is 42.4 Å². The highest BCUT2D eigenvalue weighted by molar-refractivity contribution is 6.32. The van der Waals surface area contributed by atoms with E-state index in [1.54, 1.807) is 13.3 Å². The van der Waals surface area contributed by atoms with Crippen LogP contribution in [-0.2, 0) is 11.2 Å². The summed E-state index contributed by atoms with van der Waals surface area (Å²) in [5, 5.41) is 10.5. The molecule has 0 fully saturated rings. The summed E-state index contributed by atoms with van der Waals surface area (Å²) in [6.07, 6.45) is 2.44. The Bertz CT molecular complexity index is 355. The van der Waals surface area contributed by atoms with Gasteiger partial charge in [0.05, 0.1) is 11.1 Å². The van der Waals surface area contributed by atoms with Crippen molar-refractivity contribution in [1.82, 2.24) is 4.98 Å². The molecule has 0 saturated carbocycles. The summed E-state index contributed by atoms with van der Waals surface area (Å²) < 4.78 is 4.91. The molecule has 0 amide bonds. The number of aliphatic hydroxyl groups is 1. The van der Waals surface area contributed by atoms with Gasteiger partial charge < -0.3 is 9.84 Å². The molecular weight excluding hydrogens is 226 g/mol. The van der Waals surface area contributed by atoms with Crippen molar-refractivity contribution >= 4 is 11.6 Å². The van der Waals surface area contributed by atoms with Crippen LogP contribution < -0.4 is 0 Å². The van der Waals surface area contributed by atoms with Gasteiger partial charge in [-0.1, -0.05) is 11.6 Å². The monoisotopic (exact) mass is 243 g/mol. The van der Waals surface area contributed by atoms with Crippen LogP contribution in [0.1, 0.15) is 23.2 Å². The van der Waals surface area contributed by atoms with Crippen molar-refractivity contribution in [2.24, 2.45) is 0 Å². The van der Waals surface area contributed by atoms with E-state index in [0.717, 1.165) is 16.8 Å². The number of aryl methyl sites for hydroxylation is 1. The van der Waals surface area contributed by atoms with E-state index in [1.165, 1.54) is 0 Å². The fourth-order valence-electron chi connectivity index (χ4n) is 1.48. The minimum absolute atomic E-state index is 0.429. The second-order valence-electron chi connectivity index (χ2n) is 3.95. The first-order chi connectivity index (χ1) is 7.56. The number of pyridine rings is 1. The largest absolute Gasteiger partial charge is 0.393 e. The second-order valence-corrected chi connectivity index (χ2v) is 4.33. The third-order valence-electron chi connectivity index (χ3n) is 2.68. The lowest BCUT2D eigenvalue weighted by Gasteiger charge is -2.13. The highest BCUT2D eigenvalue weighted by atomic mass is 35.5. The van der Waals surface area contributed by atoms with Crippen LogP contribution in [0.15, 0.2) is 6.20 Å². The summed E-state index contributed by atoms with van der Waals surface area (Å²) in [6.45, 7) is 4.42. The summed E-state index contributed by atoms with van der Waals surface area (Å²) in [4.78, 5) is 4.25. The van der Waals surface area contributed by atoms with Crippen LogP contribution in [0, 0.1) is 13.8 Å². The molecular formula is C12H18ClNO2. The molecule has 0 aromatic carbocycles. The number of aliphatic hydroxyl groups excluding tert-OH is 1. The third-order valence-corrected chi connectivity index (χ3v) is 3.20. The predicted molar refractivity (Wildman–Crippen MR) is 64.9 cm³/mol. The van der Waals surface area contributed by atoms with Gasteiger partial charge in [0.25, 0.3) is 0 Å². The number of hydrogen-bond donors (Lipinski definition) is 1. The maximum absolute atomic E-state index is 9.75. The normalized spacial score (nSPS) is 12.8. The first-order valence-electron chi connectivity index (χ1n) is 5.33. The summed E-state index contributed by atoms with van der Waals surface area (Å²) in [7, 11) is 1.62. The number of rotatable bonds is 5. The van der Waals surface area contributed by atoms with Crippen molar-refractivity contribution in [2.45, 2.75) is 32.8 Å². The molecule has 1 rings (SSSR count). The molecule has 1 aromatic heterocycles. The fraction of sp³-hybridized carbons (Fsp3) is 0.583. The molecule has 0 bridgehead atoms. The van der Waals surface area contributed by atoms with Gasteiger partial charge in [-0.3, -0.25) is 4.98 Å². The van der Waals surface area contributed by atoms with E-state index >= 15 is 0 Å². The first-order valence-corrected chi connectivity index (χ1v) is 5.71. The number of methoxy groups -OCH3 is 1. The Morgan fingerprint density at radius 2 is 2.19 bits per heavy atom. The van der Waals surface area contributed by atoms with Gasteiger partial charge >= 0.3 is 0 Å². The summed E-state index contributed by atoms with van der Waals surface area (Å²) in [5.41, 5.74) is 2.81. The molecule has 0 radical (unpaired) electrons. The Morgan fingerprint density at radius 1 is 1.50 bits per heavy atom. The lowest BCUT2D eigenvalue weighted by molar-refractivity contribution is 0.110. The van der Waals surface area contributed by atoms with E-state index in [4.69, 9.17) is 16.3 Å². The smallest absolute Gasteiger partial charge is 0.0603 e. The van der Waals surface area contributed by atoms with Crippen LogP contribution in [0.3, 0.4) is 0 Å². The molecule has 1 heterocycles. The minimum atomic E-state index is -0.429. The Hall–Kier alpha value is -0.640. The Morgan fingerprint density at radius 3 is 2.81 bits per heavy atom. The zero-order valence-corrected chi connectivity index (χ0v) is 10.7. The SMILES string of the molecule is COCCC(O)Cc1cnc(C)c(C)c1Cl. The number of aromatic nitrogens is 1. The molecule has 4 heteroatoms. The van der Waals surface area contributed by atoms with Gasteiger partial charge in [-0.15, -0.1) is 0 Å². The molecule has 0 aliphatic heterocycles. The Kier molecular flexibility index (Phi) is 5.19. The van der Waals surface area contributed by atoms with Gasteiger partial charge in [-0.2, -0.15) is 0 Å². The van der Waals surface area contributed by atoms with Crippen LogP contribution in [0.5, 0.6) is 0 Å². The number of hydrogen-bond acceptors (Lipinski definition) is 3. The molecule has 0 aliphatic rings. The average Bonchev–Trinajstić information content (AvgIpc) is 2.27. The molecule has 1 N–H and O–H groups in total. The van der Waals surface area contributed by atoms with Crippen molar-refractivity contribution in [1.29, 1.82) is 0 Å². The average molecular weight is 244 g/mol. The van der Waals surface area contributed by atoms with Crippen LogP contribution in [-0.4, -0.2) is 29.9 Å². The Balaban J connectivity index is 2.70. The standard InChI is InChI=1S/C12H18ClNO2/c1-8-9(2)14-7-10(12(8)13)6-11(15)4-5-16-3/h7,11,15H,4-6H2,1-3H3. The lowest BCUT2D eigenvalue weighted by Crippen LogP contribution is -2.14. The van der Waals surface area contributed by atoms with Gasteiger partial charge in [-0.25, -0.2) is 0 Å². The van der Waals surface area contributed by atoms with Gasteiger partial charge in [0.1, 0.15) is 0 Å². The molecule has 0 spiro atoms. The number of halogens is 1. The number of nitrogens with zero attached hydrogens (tertiary/aromatic N) is 1. The van der Waals surface area contributed by atoms with Crippen molar-refractivity contribution in [3.8, 4) is 0 Å². The van der Waals surface area contributed by atoms with Gasteiger partial charge in [0.15, 0.2) is 0 Å². The van der Waals surface area contributed by atoms with E-state index in [-0.39, 0.29) is 0 Å². The summed E-state index contributed by atoms with van der Waals surface area (Å²) in [6, 6.07) is 0. The van der Waals surface area contributed by atoms with E-state index in [0.29, 0.717) is 24.5 Å². The minimum Gasteiger partial charge on any atom is -0.393 e. The van der Waals surface area contributed by atoms with Gasteiger partial charge in [-0.05, 0) is 31.4 Å². The van der Waals surface area contributed by atoms with Gasteiger partial charge in [0, 0.05) is 32.0 Å². The van der Waals surface area contributed by atoms with Crippen molar-refractivity contribution in [2.75, 3.05) is 13.7 Å². The van der Waals surface area contributed by atoms with E-state index in [2.05, 4.69) is 4.98 Å². The molecule has 1 atom stereocenters. The van der Waals surface area contributed by atoms with E-state index < -0.39 is 6.10 Å². The maximum Gasteiger partial charge on any atom is 0.0603 e. The van der Waals surface area contributed by atoms with Crippen molar-refractivity contribution in [3.05, 3.63) is 28.0 Å². The first kappa shape index (κ1) is 13.4. The molecule has 1 aromatic rings. The van der Waals surface area contributed by atoms with Crippen LogP contribution in [0.4, 0.5) is 0 Å². The highest BCUT2D eigenvalue weighted by Gasteiger charge is 2.11. The van der Waals surface area contributed by atoms with Crippen molar-refractivity contribution < 1.29 is 9.84 Å². The Labute approximate surface area is 101 Å². The summed E-state index contributed by atoms with van der Waals surface area (Å²) in [5.74, 6) is 0. The van der Waals surface area contributed by atoms with Crippen LogP contribution in [0.25, 0.3) is 0 Å². The molecule has 0 aliphatic carbocycles.